The fraction of sp³-hybridized carbons (Fsp3) is 0.161. The molecule has 0 bridgehead atoms. The van der Waals surface area contributed by atoms with Gasteiger partial charge in [-0.1, -0.05) is 51.4 Å². The third-order valence-corrected chi connectivity index (χ3v) is 6.45. The average molecular weight is 679 g/mol. The summed E-state index contributed by atoms with van der Waals surface area (Å²) in [6, 6.07) is 23.2. The number of aromatic nitrogens is 5. The summed E-state index contributed by atoms with van der Waals surface area (Å²) in [5.41, 5.74) is 6.64. The zero-order valence-electron chi connectivity index (χ0n) is 21.3. The van der Waals surface area contributed by atoms with E-state index in [2.05, 4.69) is 70.6 Å². The van der Waals surface area contributed by atoms with Crippen molar-refractivity contribution in [2.24, 2.45) is 0 Å². The first-order valence-electron chi connectivity index (χ1n) is 12.4. The van der Waals surface area contributed by atoms with Crippen molar-refractivity contribution in [1.29, 1.82) is 0 Å². The van der Waals surface area contributed by atoms with E-state index in [0.29, 0.717) is 17.5 Å². The summed E-state index contributed by atoms with van der Waals surface area (Å²) in [7, 11) is 0. The summed E-state index contributed by atoms with van der Waals surface area (Å²) in [4.78, 5) is 18.3. The van der Waals surface area contributed by atoms with Crippen LogP contribution >= 0.6 is 0 Å². The molecule has 0 radical (unpaired) electrons. The Bertz CT molecular complexity index is 1740. The average Bonchev–Trinajstić information content (AvgIpc) is 3.27. The van der Waals surface area contributed by atoms with Crippen molar-refractivity contribution < 1.29 is 25.8 Å². The molecule has 1 aromatic carbocycles. The first kappa shape index (κ1) is 25.7. The molecule has 5 aromatic heterocycles. The van der Waals surface area contributed by atoms with Crippen molar-refractivity contribution >= 4 is 21.9 Å². The van der Waals surface area contributed by atoms with Crippen LogP contribution in [0.3, 0.4) is 0 Å². The maximum Gasteiger partial charge on any atom is 2.00 e. The molecule has 0 unspecified atom stereocenters. The van der Waals surface area contributed by atoms with Crippen LogP contribution in [0.4, 0.5) is 0 Å². The molecule has 0 N–H and O–H groups in total. The van der Waals surface area contributed by atoms with Crippen molar-refractivity contribution in [3.05, 3.63) is 103 Å². The van der Waals surface area contributed by atoms with Crippen molar-refractivity contribution in [2.75, 3.05) is 0 Å². The van der Waals surface area contributed by atoms with E-state index in [1.807, 2.05) is 42.7 Å². The quantitative estimate of drug-likeness (QED) is 0.176. The summed E-state index contributed by atoms with van der Waals surface area (Å²) in [5.74, 6) is 2.22. The summed E-state index contributed by atoms with van der Waals surface area (Å²) >= 11 is 0. The van der Waals surface area contributed by atoms with E-state index in [-0.39, 0.29) is 21.1 Å². The molecule has 0 spiro atoms. The molecule has 0 fully saturated rings. The summed E-state index contributed by atoms with van der Waals surface area (Å²) in [5, 5.41) is 1.05. The number of hydrogen-bond acceptors (Lipinski definition) is 5. The van der Waals surface area contributed by atoms with Crippen LogP contribution in [0.15, 0.2) is 79.5 Å². The molecule has 38 heavy (non-hydrogen) atoms. The van der Waals surface area contributed by atoms with Crippen LogP contribution in [0.1, 0.15) is 37.8 Å². The maximum atomic E-state index is 6.01. The number of pyridine rings is 4. The van der Waals surface area contributed by atoms with Gasteiger partial charge >= 0.3 is 21.1 Å². The van der Waals surface area contributed by atoms with Gasteiger partial charge in [-0.2, -0.15) is 6.07 Å². The van der Waals surface area contributed by atoms with E-state index in [4.69, 9.17) is 9.72 Å². The minimum absolute atomic E-state index is 0. The fourth-order valence-corrected chi connectivity index (χ4v) is 4.45. The Kier molecular flexibility index (Phi) is 7.35. The van der Waals surface area contributed by atoms with Gasteiger partial charge in [0.15, 0.2) is 0 Å². The molecule has 6 nitrogen and oxygen atoms in total. The van der Waals surface area contributed by atoms with E-state index < -0.39 is 0 Å². The number of nitrogens with zero attached hydrogens (tertiary/aromatic N) is 5. The van der Waals surface area contributed by atoms with Gasteiger partial charge in [-0.05, 0) is 64.8 Å². The third kappa shape index (κ3) is 4.84. The minimum Gasteiger partial charge on any atom is -0.458 e. The van der Waals surface area contributed by atoms with Gasteiger partial charge < -0.3 is 19.3 Å². The Balaban J connectivity index is 0.00000294. The molecule has 5 heterocycles. The topological polar surface area (TPSA) is 65.7 Å². The Hall–Kier alpha value is -3.89. The molecular weight excluding hydrogens is 653 g/mol. The van der Waals surface area contributed by atoms with E-state index in [0.717, 1.165) is 50.9 Å². The van der Waals surface area contributed by atoms with Gasteiger partial charge in [-0.3, -0.25) is 0 Å². The maximum absolute atomic E-state index is 6.01. The molecule has 6 aromatic rings. The van der Waals surface area contributed by atoms with Gasteiger partial charge in [0, 0.05) is 29.5 Å². The van der Waals surface area contributed by atoms with Gasteiger partial charge in [0.05, 0.1) is 5.75 Å². The molecule has 0 aliphatic heterocycles. The number of hydrogen-bond donors (Lipinski definition) is 0. The van der Waals surface area contributed by atoms with E-state index >= 15 is 0 Å². The van der Waals surface area contributed by atoms with Crippen molar-refractivity contribution in [1.82, 2.24) is 24.5 Å². The second-order valence-corrected chi connectivity index (χ2v) is 9.22. The summed E-state index contributed by atoms with van der Waals surface area (Å²) in [6.07, 6.45) is 9.73. The summed E-state index contributed by atoms with van der Waals surface area (Å²) < 4.78 is 8.13. The van der Waals surface area contributed by atoms with Crippen LogP contribution in [-0.4, -0.2) is 24.5 Å². The zero-order valence-corrected chi connectivity index (χ0v) is 23.5. The Morgan fingerprint density at radius 2 is 1.71 bits per heavy atom. The standard InChI is InChI=1S/C31H25N5O.Pt/c1-4-21-9-11-33-29(13-21)36-27-8-6-5-7-26(27)31-28(36)15-24(18-35-31)23-14-25(19-32-17-23)37-30-16-22(20(2)3)10-12-34-30;/h5-13,16-20H,4H2,1-3H3;/q-2;+2. The number of para-hydroxylation sites is 1. The number of ether oxygens (including phenoxy) is 1. The van der Waals surface area contributed by atoms with Gasteiger partial charge in [-0.25, -0.2) is 21.1 Å². The van der Waals surface area contributed by atoms with E-state index in [1.165, 1.54) is 5.56 Å². The second-order valence-electron chi connectivity index (χ2n) is 9.22. The van der Waals surface area contributed by atoms with Crippen LogP contribution in [-0.2, 0) is 27.5 Å². The predicted molar refractivity (Wildman–Crippen MR) is 145 cm³/mol. The van der Waals surface area contributed by atoms with Crippen molar-refractivity contribution in [2.45, 2.75) is 33.1 Å². The van der Waals surface area contributed by atoms with Crippen LogP contribution in [0, 0.1) is 12.1 Å². The number of aryl methyl sites for hydroxylation is 1. The van der Waals surface area contributed by atoms with Crippen LogP contribution < -0.4 is 4.74 Å². The largest absolute Gasteiger partial charge is 2.00 e. The van der Waals surface area contributed by atoms with Gasteiger partial charge in [0.1, 0.15) is 5.82 Å². The Labute approximate surface area is 236 Å². The molecule has 0 atom stereocenters. The monoisotopic (exact) mass is 678 g/mol. The number of fused-ring (bicyclic) bond motifs is 3. The SMILES string of the molecule is CCc1ccnc(-n2c3[c-]c(-c4[c-]c(Oc5cc(C(C)C)ccn5)cnc4)cnc3c3ccccc32)c1.[Pt+2]. The molecule has 0 aliphatic carbocycles. The second kappa shape index (κ2) is 10.8. The van der Waals surface area contributed by atoms with E-state index in [9.17, 15) is 0 Å². The van der Waals surface area contributed by atoms with Gasteiger partial charge in [0.25, 0.3) is 0 Å². The first-order chi connectivity index (χ1) is 18.1. The predicted octanol–water partition coefficient (Wildman–Crippen LogP) is 7.11. The smallest absolute Gasteiger partial charge is 0.458 e. The number of benzene rings is 1. The molecule has 190 valence electrons. The fourth-order valence-electron chi connectivity index (χ4n) is 4.45. The molecule has 7 heteroatoms. The molecular formula is C31H25N5OPt. The van der Waals surface area contributed by atoms with Crippen LogP contribution in [0.2, 0.25) is 0 Å². The van der Waals surface area contributed by atoms with Gasteiger partial charge in [0.2, 0.25) is 5.88 Å². The summed E-state index contributed by atoms with van der Waals surface area (Å²) in [6.45, 7) is 6.42. The van der Waals surface area contributed by atoms with Gasteiger partial charge in [-0.15, -0.1) is 6.07 Å². The molecule has 0 saturated heterocycles. The Morgan fingerprint density at radius 1 is 0.895 bits per heavy atom. The van der Waals surface area contributed by atoms with E-state index in [1.54, 1.807) is 18.6 Å². The Morgan fingerprint density at radius 3 is 2.55 bits per heavy atom. The minimum atomic E-state index is 0. The normalized spacial score (nSPS) is 11.2. The number of rotatable bonds is 6. The van der Waals surface area contributed by atoms with Crippen LogP contribution in [0.5, 0.6) is 11.6 Å². The first-order valence-corrected chi connectivity index (χ1v) is 12.4. The molecule has 6 rings (SSSR count). The van der Waals surface area contributed by atoms with Crippen LogP contribution in [0.25, 0.3) is 38.9 Å². The zero-order chi connectivity index (χ0) is 25.4. The van der Waals surface area contributed by atoms with Crippen molar-refractivity contribution in [3.63, 3.8) is 0 Å². The molecule has 0 aliphatic rings. The van der Waals surface area contributed by atoms with Crippen molar-refractivity contribution in [3.8, 4) is 28.6 Å². The molecule has 0 amide bonds. The molecule has 0 saturated carbocycles. The third-order valence-electron chi connectivity index (χ3n) is 6.45.